The number of aryl methyl sites for hydroxylation is 1. The molecule has 4 nitrogen and oxygen atoms in total. The topological polar surface area (TPSA) is 60.4 Å². The molecule has 19 heavy (non-hydrogen) atoms. The zero-order valence-electron chi connectivity index (χ0n) is 10.9. The Hall–Kier alpha value is -1.49. The Morgan fingerprint density at radius 2 is 2.21 bits per heavy atom. The fourth-order valence-electron chi connectivity index (χ4n) is 2.10. The van der Waals surface area contributed by atoms with Crippen LogP contribution in [-0.2, 0) is 6.42 Å². The molecule has 1 aromatic carbocycles. The Morgan fingerprint density at radius 1 is 1.42 bits per heavy atom. The lowest BCUT2D eigenvalue weighted by atomic mass is 10.0. The van der Waals surface area contributed by atoms with Gasteiger partial charge in [-0.3, -0.25) is 5.84 Å². The van der Waals surface area contributed by atoms with Gasteiger partial charge in [0.2, 0.25) is 0 Å². The van der Waals surface area contributed by atoms with Crippen molar-refractivity contribution in [1.82, 2.24) is 5.43 Å². The molecule has 0 bridgehead atoms. The summed E-state index contributed by atoms with van der Waals surface area (Å²) in [5.74, 6) is 7.24. The number of hydrogen-bond acceptors (Lipinski definition) is 4. The molecule has 1 atom stereocenters. The molecule has 0 aliphatic rings. The molecule has 1 heterocycles. The van der Waals surface area contributed by atoms with E-state index in [-0.39, 0.29) is 6.04 Å². The molecule has 0 fully saturated rings. The average molecular weight is 281 g/mol. The Labute approximate surface area is 117 Å². The molecular formula is C14H17ClN2O2. The highest BCUT2D eigenvalue weighted by atomic mass is 35.5. The molecule has 0 aliphatic heterocycles. The standard InChI is InChI=1S/C14H17ClN2O2/c1-9-5-6-19-14(9)12(17-16)8-10-7-11(15)3-4-13(10)18-2/h3-7,12,17H,8,16H2,1-2H3. The summed E-state index contributed by atoms with van der Waals surface area (Å²) in [5, 5.41) is 0.669. The van der Waals surface area contributed by atoms with Gasteiger partial charge in [-0.25, -0.2) is 5.43 Å². The number of furan rings is 1. The van der Waals surface area contributed by atoms with Gasteiger partial charge in [-0.1, -0.05) is 11.6 Å². The lowest BCUT2D eigenvalue weighted by Gasteiger charge is -2.16. The van der Waals surface area contributed by atoms with Gasteiger partial charge in [0.15, 0.2) is 0 Å². The van der Waals surface area contributed by atoms with Gasteiger partial charge < -0.3 is 9.15 Å². The Morgan fingerprint density at radius 3 is 2.79 bits per heavy atom. The molecule has 0 spiro atoms. The van der Waals surface area contributed by atoms with Gasteiger partial charge in [0, 0.05) is 5.02 Å². The smallest absolute Gasteiger partial charge is 0.125 e. The van der Waals surface area contributed by atoms with Gasteiger partial charge in [0.05, 0.1) is 19.4 Å². The Bertz CT molecular complexity index is 554. The number of hydrogen-bond donors (Lipinski definition) is 2. The van der Waals surface area contributed by atoms with Crippen LogP contribution in [0.15, 0.2) is 34.9 Å². The lowest BCUT2D eigenvalue weighted by molar-refractivity contribution is 0.391. The summed E-state index contributed by atoms with van der Waals surface area (Å²) in [7, 11) is 1.63. The van der Waals surface area contributed by atoms with Crippen molar-refractivity contribution in [3.63, 3.8) is 0 Å². The fourth-order valence-corrected chi connectivity index (χ4v) is 2.29. The highest BCUT2D eigenvalue weighted by molar-refractivity contribution is 6.30. The minimum atomic E-state index is -0.123. The van der Waals surface area contributed by atoms with Gasteiger partial charge in [-0.2, -0.15) is 0 Å². The second kappa shape index (κ2) is 6.10. The van der Waals surface area contributed by atoms with E-state index < -0.39 is 0 Å². The summed E-state index contributed by atoms with van der Waals surface area (Å²) in [5.41, 5.74) is 4.81. The maximum atomic E-state index is 6.03. The second-order valence-corrected chi connectivity index (χ2v) is 4.78. The molecule has 0 radical (unpaired) electrons. The van der Waals surface area contributed by atoms with Crippen molar-refractivity contribution in [3.8, 4) is 5.75 Å². The minimum Gasteiger partial charge on any atom is -0.496 e. The predicted molar refractivity (Wildman–Crippen MR) is 75.2 cm³/mol. The van der Waals surface area contributed by atoms with Gasteiger partial charge in [-0.15, -0.1) is 0 Å². The SMILES string of the molecule is COc1ccc(Cl)cc1CC(NN)c1occc1C. The normalized spacial score (nSPS) is 12.4. The van der Waals surface area contributed by atoms with Crippen molar-refractivity contribution in [2.75, 3.05) is 7.11 Å². The molecule has 0 saturated heterocycles. The molecule has 5 heteroatoms. The Balaban J connectivity index is 2.28. The van der Waals surface area contributed by atoms with Crippen molar-refractivity contribution < 1.29 is 9.15 Å². The third-order valence-corrected chi connectivity index (χ3v) is 3.32. The second-order valence-electron chi connectivity index (χ2n) is 4.35. The van der Waals surface area contributed by atoms with E-state index >= 15 is 0 Å². The zero-order chi connectivity index (χ0) is 13.8. The van der Waals surface area contributed by atoms with Crippen LogP contribution in [0.1, 0.15) is 22.9 Å². The molecule has 102 valence electrons. The number of nitrogens with one attached hydrogen (secondary N) is 1. The number of hydrazine groups is 1. The van der Waals surface area contributed by atoms with E-state index in [0.29, 0.717) is 11.4 Å². The van der Waals surface area contributed by atoms with E-state index in [2.05, 4.69) is 5.43 Å². The molecule has 0 aliphatic carbocycles. The molecule has 0 saturated carbocycles. The largest absolute Gasteiger partial charge is 0.496 e. The first-order chi connectivity index (χ1) is 9.15. The fraction of sp³-hybridized carbons (Fsp3) is 0.286. The van der Waals surface area contributed by atoms with Crippen molar-refractivity contribution >= 4 is 11.6 Å². The highest BCUT2D eigenvalue weighted by Gasteiger charge is 2.18. The summed E-state index contributed by atoms with van der Waals surface area (Å²) >= 11 is 6.03. The maximum absolute atomic E-state index is 6.03. The number of methoxy groups -OCH3 is 1. The van der Waals surface area contributed by atoms with Crippen molar-refractivity contribution in [1.29, 1.82) is 0 Å². The van der Waals surface area contributed by atoms with Crippen LogP contribution in [0.5, 0.6) is 5.75 Å². The summed E-state index contributed by atoms with van der Waals surface area (Å²) in [4.78, 5) is 0. The molecule has 1 unspecified atom stereocenters. The van der Waals surface area contributed by atoms with Gasteiger partial charge in [-0.05, 0) is 48.7 Å². The van der Waals surface area contributed by atoms with E-state index in [1.54, 1.807) is 19.4 Å². The van der Waals surface area contributed by atoms with Crippen LogP contribution in [0.2, 0.25) is 5.02 Å². The molecule has 3 N–H and O–H groups in total. The number of halogens is 1. The predicted octanol–water partition coefficient (Wildman–Crippen LogP) is 3.00. The van der Waals surface area contributed by atoms with Crippen molar-refractivity contribution in [3.05, 3.63) is 52.4 Å². The summed E-state index contributed by atoms with van der Waals surface area (Å²) in [6, 6.07) is 7.31. The van der Waals surface area contributed by atoms with E-state index in [1.807, 2.05) is 25.1 Å². The Kier molecular flexibility index (Phi) is 4.47. The van der Waals surface area contributed by atoms with Gasteiger partial charge >= 0.3 is 0 Å². The van der Waals surface area contributed by atoms with Crippen LogP contribution in [-0.4, -0.2) is 7.11 Å². The number of benzene rings is 1. The average Bonchev–Trinajstić information content (AvgIpc) is 2.82. The van der Waals surface area contributed by atoms with E-state index in [9.17, 15) is 0 Å². The van der Waals surface area contributed by atoms with E-state index in [0.717, 1.165) is 22.6 Å². The quantitative estimate of drug-likeness (QED) is 0.653. The summed E-state index contributed by atoms with van der Waals surface area (Å²) in [6.45, 7) is 1.98. The highest BCUT2D eigenvalue weighted by Crippen LogP contribution is 2.28. The zero-order valence-corrected chi connectivity index (χ0v) is 11.7. The first-order valence-corrected chi connectivity index (χ1v) is 6.36. The number of nitrogens with two attached hydrogens (primary N) is 1. The van der Waals surface area contributed by atoms with Crippen molar-refractivity contribution in [2.24, 2.45) is 5.84 Å². The van der Waals surface area contributed by atoms with Crippen LogP contribution < -0.4 is 16.0 Å². The minimum absolute atomic E-state index is 0.123. The van der Waals surface area contributed by atoms with E-state index in [4.69, 9.17) is 26.6 Å². The first kappa shape index (κ1) is 13.9. The molecule has 0 amide bonds. The van der Waals surface area contributed by atoms with Crippen LogP contribution >= 0.6 is 11.6 Å². The van der Waals surface area contributed by atoms with Gasteiger partial charge in [0.1, 0.15) is 11.5 Å². The lowest BCUT2D eigenvalue weighted by Crippen LogP contribution is -2.29. The molecule has 2 rings (SSSR count). The molecule has 1 aromatic heterocycles. The van der Waals surface area contributed by atoms with Crippen LogP contribution in [0, 0.1) is 6.92 Å². The first-order valence-electron chi connectivity index (χ1n) is 5.98. The van der Waals surface area contributed by atoms with Gasteiger partial charge in [0.25, 0.3) is 0 Å². The summed E-state index contributed by atoms with van der Waals surface area (Å²) in [6.07, 6.45) is 2.29. The van der Waals surface area contributed by atoms with Crippen LogP contribution in [0.4, 0.5) is 0 Å². The van der Waals surface area contributed by atoms with Crippen LogP contribution in [0.25, 0.3) is 0 Å². The number of rotatable bonds is 5. The van der Waals surface area contributed by atoms with Crippen LogP contribution in [0.3, 0.4) is 0 Å². The monoisotopic (exact) mass is 280 g/mol. The number of ether oxygens (including phenoxy) is 1. The third kappa shape index (κ3) is 3.10. The molecular weight excluding hydrogens is 264 g/mol. The summed E-state index contributed by atoms with van der Waals surface area (Å²) < 4.78 is 10.8. The molecule has 2 aromatic rings. The van der Waals surface area contributed by atoms with E-state index in [1.165, 1.54) is 0 Å². The maximum Gasteiger partial charge on any atom is 0.125 e. The third-order valence-electron chi connectivity index (χ3n) is 3.09. The van der Waals surface area contributed by atoms with Crippen molar-refractivity contribution in [2.45, 2.75) is 19.4 Å².